The quantitative estimate of drug-likeness (QED) is 0.598. The van der Waals surface area contributed by atoms with Gasteiger partial charge in [0.15, 0.2) is 0 Å². The molecule has 3 nitrogen and oxygen atoms in total. The van der Waals surface area contributed by atoms with Gasteiger partial charge in [0.25, 0.3) is 0 Å². The molecule has 0 saturated carbocycles. The van der Waals surface area contributed by atoms with Crippen molar-refractivity contribution in [2.45, 2.75) is 26.4 Å². The lowest BCUT2D eigenvalue weighted by Gasteiger charge is -2.12. The maximum atomic E-state index is 10.7. The van der Waals surface area contributed by atoms with E-state index in [1.165, 1.54) is 6.08 Å². The fraction of sp³-hybridized carbons (Fsp3) is 0.667. The first kappa shape index (κ1) is 11.2. The number of nitrogens with one attached hydrogen (secondary N) is 1. The second-order valence-electron chi connectivity index (χ2n) is 3.14. The third kappa shape index (κ3) is 5.92. The Labute approximate surface area is 73.5 Å². The van der Waals surface area contributed by atoms with Gasteiger partial charge < -0.3 is 10.4 Å². The smallest absolute Gasteiger partial charge is 0.243 e. The molecule has 0 radical (unpaired) electrons. The van der Waals surface area contributed by atoms with Gasteiger partial charge in [-0.2, -0.15) is 0 Å². The predicted octanol–water partition coefficient (Wildman–Crippen LogP) is 0.696. The number of hydrogen-bond acceptors (Lipinski definition) is 2. The van der Waals surface area contributed by atoms with Gasteiger partial charge in [-0.3, -0.25) is 4.79 Å². The van der Waals surface area contributed by atoms with Crippen LogP contribution < -0.4 is 5.32 Å². The Hall–Kier alpha value is -0.830. The highest BCUT2D eigenvalue weighted by Crippen LogP contribution is 2.03. The summed E-state index contributed by atoms with van der Waals surface area (Å²) < 4.78 is 0. The zero-order valence-electron chi connectivity index (χ0n) is 7.71. The summed E-state index contributed by atoms with van der Waals surface area (Å²) in [4.78, 5) is 10.7. The molecule has 2 atom stereocenters. The lowest BCUT2D eigenvalue weighted by molar-refractivity contribution is -0.116. The molecule has 12 heavy (non-hydrogen) atoms. The molecule has 3 heteroatoms. The number of carbonyl (C=O) groups is 1. The summed E-state index contributed by atoms with van der Waals surface area (Å²) >= 11 is 0. The Morgan fingerprint density at radius 3 is 2.67 bits per heavy atom. The van der Waals surface area contributed by atoms with Crippen LogP contribution in [0.4, 0.5) is 0 Å². The number of aliphatic hydroxyl groups excluding tert-OH is 1. The van der Waals surface area contributed by atoms with Gasteiger partial charge in [0.1, 0.15) is 0 Å². The lowest BCUT2D eigenvalue weighted by atomic mass is 10.1. The summed E-state index contributed by atoms with van der Waals surface area (Å²) in [7, 11) is 0. The highest BCUT2D eigenvalue weighted by atomic mass is 16.3. The Balaban J connectivity index is 3.49. The fourth-order valence-electron chi connectivity index (χ4n) is 1.01. The molecule has 0 aromatic rings. The second-order valence-corrected chi connectivity index (χ2v) is 3.14. The van der Waals surface area contributed by atoms with Gasteiger partial charge in [0, 0.05) is 6.54 Å². The van der Waals surface area contributed by atoms with E-state index in [2.05, 4.69) is 11.9 Å². The maximum absolute atomic E-state index is 10.7. The number of amides is 1. The molecule has 0 aromatic heterocycles. The van der Waals surface area contributed by atoms with Gasteiger partial charge in [-0.25, -0.2) is 0 Å². The Kier molecular flexibility index (Phi) is 5.37. The topological polar surface area (TPSA) is 49.3 Å². The highest BCUT2D eigenvalue weighted by Gasteiger charge is 2.06. The standard InChI is InChI=1S/C9H17NO2/c1-4-9(12)10-6-7(2)5-8(3)11/h4,7-8,11H,1,5-6H2,2-3H3,(H,10,12). The molecular weight excluding hydrogens is 154 g/mol. The van der Waals surface area contributed by atoms with Crippen molar-refractivity contribution in [2.24, 2.45) is 5.92 Å². The number of hydrogen-bond donors (Lipinski definition) is 2. The van der Waals surface area contributed by atoms with Crippen molar-refractivity contribution >= 4 is 5.91 Å². The number of aliphatic hydroxyl groups is 1. The maximum Gasteiger partial charge on any atom is 0.243 e. The van der Waals surface area contributed by atoms with E-state index in [1.807, 2.05) is 6.92 Å². The fourth-order valence-corrected chi connectivity index (χ4v) is 1.01. The van der Waals surface area contributed by atoms with Crippen molar-refractivity contribution in [1.29, 1.82) is 0 Å². The van der Waals surface area contributed by atoms with Gasteiger partial charge >= 0.3 is 0 Å². The molecule has 0 fully saturated rings. The minimum Gasteiger partial charge on any atom is -0.393 e. The molecule has 0 saturated heterocycles. The molecule has 0 spiro atoms. The third-order valence-electron chi connectivity index (χ3n) is 1.55. The van der Waals surface area contributed by atoms with Crippen LogP contribution in [0.3, 0.4) is 0 Å². The van der Waals surface area contributed by atoms with Crippen LogP contribution in [-0.4, -0.2) is 23.7 Å². The van der Waals surface area contributed by atoms with Crippen molar-refractivity contribution < 1.29 is 9.90 Å². The Bertz CT molecular complexity index is 155. The van der Waals surface area contributed by atoms with E-state index < -0.39 is 0 Å². The molecule has 0 rings (SSSR count). The van der Waals surface area contributed by atoms with Crippen LogP contribution in [0.5, 0.6) is 0 Å². The van der Waals surface area contributed by atoms with Crippen molar-refractivity contribution in [3.63, 3.8) is 0 Å². The molecule has 1 amide bonds. The van der Waals surface area contributed by atoms with Crippen molar-refractivity contribution in [1.82, 2.24) is 5.32 Å². The molecule has 0 heterocycles. The Morgan fingerprint density at radius 1 is 1.67 bits per heavy atom. The zero-order valence-corrected chi connectivity index (χ0v) is 7.71. The second kappa shape index (κ2) is 5.77. The predicted molar refractivity (Wildman–Crippen MR) is 48.7 cm³/mol. The molecule has 0 aromatic carbocycles. The minimum atomic E-state index is -0.305. The van der Waals surface area contributed by atoms with E-state index in [1.54, 1.807) is 6.92 Å². The summed E-state index contributed by atoms with van der Waals surface area (Å²) in [5.74, 6) is 0.140. The molecule has 0 bridgehead atoms. The van der Waals surface area contributed by atoms with Crippen molar-refractivity contribution in [3.8, 4) is 0 Å². The molecule has 0 aliphatic heterocycles. The van der Waals surface area contributed by atoms with Gasteiger partial charge in [-0.1, -0.05) is 13.5 Å². The van der Waals surface area contributed by atoms with E-state index in [-0.39, 0.29) is 12.0 Å². The van der Waals surface area contributed by atoms with E-state index in [4.69, 9.17) is 5.11 Å². The molecule has 70 valence electrons. The van der Waals surface area contributed by atoms with Crippen LogP contribution in [0.1, 0.15) is 20.3 Å². The van der Waals surface area contributed by atoms with Gasteiger partial charge in [0.05, 0.1) is 6.10 Å². The molecular formula is C9H17NO2. The first-order valence-electron chi connectivity index (χ1n) is 4.14. The van der Waals surface area contributed by atoms with Gasteiger partial charge in [-0.05, 0) is 25.3 Å². The minimum absolute atomic E-state index is 0.160. The van der Waals surface area contributed by atoms with Crippen LogP contribution in [0.15, 0.2) is 12.7 Å². The van der Waals surface area contributed by atoms with Crippen LogP contribution >= 0.6 is 0 Å². The molecule has 0 aliphatic rings. The lowest BCUT2D eigenvalue weighted by Crippen LogP contribution is -2.27. The van der Waals surface area contributed by atoms with Gasteiger partial charge in [0.2, 0.25) is 5.91 Å². The SMILES string of the molecule is C=CC(=O)NCC(C)CC(C)O. The van der Waals surface area contributed by atoms with Crippen LogP contribution in [0.2, 0.25) is 0 Å². The summed E-state index contributed by atoms with van der Waals surface area (Å²) in [6, 6.07) is 0. The molecule has 2 unspecified atom stereocenters. The van der Waals surface area contributed by atoms with E-state index in [0.29, 0.717) is 18.9 Å². The summed E-state index contributed by atoms with van der Waals surface area (Å²) in [6.07, 6.45) is 1.65. The Morgan fingerprint density at radius 2 is 2.25 bits per heavy atom. The van der Waals surface area contributed by atoms with E-state index >= 15 is 0 Å². The summed E-state index contributed by atoms with van der Waals surface area (Å²) in [5, 5.41) is 11.7. The van der Waals surface area contributed by atoms with Crippen LogP contribution in [0.25, 0.3) is 0 Å². The van der Waals surface area contributed by atoms with E-state index in [9.17, 15) is 4.79 Å². The highest BCUT2D eigenvalue weighted by molar-refractivity contribution is 5.86. The van der Waals surface area contributed by atoms with Crippen LogP contribution in [-0.2, 0) is 4.79 Å². The largest absolute Gasteiger partial charge is 0.393 e. The molecule has 2 N–H and O–H groups in total. The van der Waals surface area contributed by atoms with Gasteiger partial charge in [-0.15, -0.1) is 0 Å². The average Bonchev–Trinajstić information content (AvgIpc) is 1.99. The first-order chi connectivity index (χ1) is 5.56. The third-order valence-corrected chi connectivity index (χ3v) is 1.55. The number of carbonyl (C=O) groups excluding carboxylic acids is 1. The normalized spacial score (nSPS) is 14.9. The van der Waals surface area contributed by atoms with Crippen molar-refractivity contribution in [3.05, 3.63) is 12.7 Å². The number of rotatable bonds is 5. The van der Waals surface area contributed by atoms with E-state index in [0.717, 1.165) is 0 Å². The monoisotopic (exact) mass is 171 g/mol. The zero-order chi connectivity index (χ0) is 9.56. The summed E-state index contributed by atoms with van der Waals surface area (Å²) in [5.41, 5.74) is 0. The molecule has 0 aliphatic carbocycles. The summed E-state index contributed by atoms with van der Waals surface area (Å²) in [6.45, 7) is 7.66. The first-order valence-corrected chi connectivity index (χ1v) is 4.14. The average molecular weight is 171 g/mol. The van der Waals surface area contributed by atoms with Crippen LogP contribution in [0, 0.1) is 5.92 Å². The van der Waals surface area contributed by atoms with Crippen molar-refractivity contribution in [2.75, 3.05) is 6.54 Å².